The summed E-state index contributed by atoms with van der Waals surface area (Å²) in [5, 5.41) is 6.89. The number of halogens is 1. The zero-order chi connectivity index (χ0) is 15.1. The molecule has 5 heteroatoms. The van der Waals surface area contributed by atoms with Crippen LogP contribution in [0.3, 0.4) is 0 Å². The van der Waals surface area contributed by atoms with Crippen molar-refractivity contribution in [3.05, 3.63) is 28.8 Å². The first-order valence-electron chi connectivity index (χ1n) is 6.94. The molecule has 0 atom stereocenters. The lowest BCUT2D eigenvalue weighted by Crippen LogP contribution is -2.35. The number of carbonyl (C=O) groups excluding carboxylic acids is 1. The minimum absolute atomic E-state index is 0.0118. The Morgan fingerprint density at radius 2 is 2.10 bits per heavy atom. The van der Waals surface area contributed by atoms with Crippen molar-refractivity contribution >= 4 is 23.2 Å². The largest absolute Gasteiger partial charge is 0.365 e. The van der Waals surface area contributed by atoms with Crippen molar-refractivity contribution in [3.63, 3.8) is 0 Å². The molecule has 20 heavy (non-hydrogen) atoms. The van der Waals surface area contributed by atoms with Gasteiger partial charge in [0.2, 0.25) is 5.91 Å². The Morgan fingerprint density at radius 1 is 1.40 bits per heavy atom. The van der Waals surface area contributed by atoms with E-state index in [0.29, 0.717) is 25.7 Å². The highest BCUT2D eigenvalue weighted by atomic mass is 35.5. The number of hydrogen-bond acceptors (Lipinski definition) is 3. The summed E-state index contributed by atoms with van der Waals surface area (Å²) in [5.41, 5.74) is 2.01. The predicted octanol–water partition coefficient (Wildman–Crippen LogP) is 2.41. The summed E-state index contributed by atoms with van der Waals surface area (Å²) in [4.78, 5) is 13.6. The maximum absolute atomic E-state index is 11.7. The summed E-state index contributed by atoms with van der Waals surface area (Å²) in [6.45, 7) is 7.75. The van der Waals surface area contributed by atoms with Crippen molar-refractivity contribution in [1.29, 1.82) is 0 Å². The first kappa shape index (κ1) is 16.8. The van der Waals surface area contributed by atoms with Crippen molar-refractivity contribution in [2.45, 2.75) is 33.4 Å². The normalized spacial score (nSPS) is 10.7. The van der Waals surface area contributed by atoms with Gasteiger partial charge in [-0.2, -0.15) is 0 Å². The lowest BCUT2D eigenvalue weighted by molar-refractivity contribution is -0.119. The third-order valence-corrected chi connectivity index (χ3v) is 3.30. The van der Waals surface area contributed by atoms with Gasteiger partial charge in [-0.1, -0.05) is 31.5 Å². The molecule has 0 heterocycles. The Balaban J connectivity index is 2.87. The zero-order valence-electron chi connectivity index (χ0n) is 12.7. The molecule has 0 unspecified atom stereocenters. The van der Waals surface area contributed by atoms with Gasteiger partial charge in [-0.3, -0.25) is 4.79 Å². The minimum atomic E-state index is 0.0118. The monoisotopic (exact) mass is 297 g/mol. The van der Waals surface area contributed by atoms with E-state index in [1.165, 1.54) is 0 Å². The van der Waals surface area contributed by atoms with E-state index in [-0.39, 0.29) is 5.91 Å². The lowest BCUT2D eigenvalue weighted by Gasteiger charge is -2.23. The smallest absolute Gasteiger partial charge is 0.239 e. The Bertz CT molecular complexity index is 449. The van der Waals surface area contributed by atoms with Gasteiger partial charge in [0, 0.05) is 42.5 Å². The van der Waals surface area contributed by atoms with Gasteiger partial charge in [0.05, 0.1) is 6.54 Å². The van der Waals surface area contributed by atoms with E-state index in [1.54, 1.807) is 0 Å². The van der Waals surface area contributed by atoms with E-state index in [4.69, 9.17) is 11.6 Å². The molecule has 0 aliphatic heterocycles. The number of benzene rings is 1. The van der Waals surface area contributed by atoms with Crippen LogP contribution in [-0.4, -0.2) is 32.1 Å². The third kappa shape index (κ3) is 5.02. The fourth-order valence-corrected chi connectivity index (χ4v) is 2.18. The van der Waals surface area contributed by atoms with Crippen molar-refractivity contribution in [2.24, 2.45) is 0 Å². The van der Waals surface area contributed by atoms with Gasteiger partial charge in [-0.05, 0) is 19.1 Å². The van der Waals surface area contributed by atoms with Crippen molar-refractivity contribution in [3.8, 4) is 0 Å². The summed E-state index contributed by atoms with van der Waals surface area (Å²) >= 11 is 6.29. The molecule has 112 valence electrons. The number of nitrogens with zero attached hydrogens (tertiary/aromatic N) is 1. The predicted molar refractivity (Wildman–Crippen MR) is 85.4 cm³/mol. The van der Waals surface area contributed by atoms with E-state index < -0.39 is 0 Å². The Kier molecular flexibility index (Phi) is 6.82. The molecule has 0 saturated heterocycles. The number of hydrogen-bond donors (Lipinski definition) is 2. The second kappa shape index (κ2) is 8.12. The molecule has 1 aromatic carbocycles. The average Bonchev–Trinajstić information content (AvgIpc) is 2.36. The van der Waals surface area contributed by atoms with Crippen LogP contribution >= 0.6 is 11.6 Å². The quantitative estimate of drug-likeness (QED) is 0.812. The van der Waals surface area contributed by atoms with E-state index in [0.717, 1.165) is 16.3 Å². The van der Waals surface area contributed by atoms with Crippen LogP contribution in [0.15, 0.2) is 18.2 Å². The summed E-state index contributed by atoms with van der Waals surface area (Å²) in [5.74, 6) is 0.0118. The van der Waals surface area contributed by atoms with Crippen LogP contribution in [0.2, 0.25) is 5.02 Å². The summed E-state index contributed by atoms with van der Waals surface area (Å²) in [6.07, 6.45) is 0. The molecule has 0 bridgehead atoms. The summed E-state index contributed by atoms with van der Waals surface area (Å²) in [6, 6.07) is 6.16. The maximum Gasteiger partial charge on any atom is 0.239 e. The first-order chi connectivity index (χ1) is 9.45. The van der Waals surface area contributed by atoms with Gasteiger partial charge in [0.25, 0.3) is 0 Å². The molecule has 0 aliphatic carbocycles. The van der Waals surface area contributed by atoms with Gasteiger partial charge < -0.3 is 15.5 Å². The topological polar surface area (TPSA) is 44.4 Å². The number of nitrogens with one attached hydrogen (secondary N) is 2. The molecule has 0 fully saturated rings. The summed E-state index contributed by atoms with van der Waals surface area (Å²) < 4.78 is 0. The van der Waals surface area contributed by atoms with Crippen molar-refractivity contribution in [1.82, 2.24) is 10.6 Å². The molecule has 1 amide bonds. The molecular weight excluding hydrogens is 274 g/mol. The highest BCUT2D eigenvalue weighted by molar-refractivity contribution is 6.31. The van der Waals surface area contributed by atoms with Gasteiger partial charge in [-0.15, -0.1) is 0 Å². The fourth-order valence-electron chi connectivity index (χ4n) is 1.94. The SMILES string of the molecule is CCNC(=O)CN(C)c1cccc(Cl)c1CNC(C)C. The molecule has 0 saturated carbocycles. The Morgan fingerprint density at radius 3 is 2.70 bits per heavy atom. The first-order valence-corrected chi connectivity index (χ1v) is 7.32. The van der Waals surface area contributed by atoms with Crippen molar-refractivity contribution < 1.29 is 4.79 Å². The van der Waals surface area contributed by atoms with Gasteiger partial charge >= 0.3 is 0 Å². The highest BCUT2D eigenvalue weighted by Gasteiger charge is 2.13. The Labute approximate surface area is 126 Å². The molecule has 0 radical (unpaired) electrons. The van der Waals surface area contributed by atoms with Gasteiger partial charge in [-0.25, -0.2) is 0 Å². The molecule has 2 N–H and O–H groups in total. The lowest BCUT2D eigenvalue weighted by atomic mass is 10.1. The molecule has 1 rings (SSSR count). The molecular formula is C15H24ClN3O. The molecule has 1 aromatic rings. The Hall–Kier alpha value is -1.26. The second-order valence-corrected chi connectivity index (χ2v) is 5.49. The van der Waals surface area contributed by atoms with Crippen LogP contribution in [0.1, 0.15) is 26.3 Å². The summed E-state index contributed by atoms with van der Waals surface area (Å²) in [7, 11) is 1.90. The number of amides is 1. The van der Waals surface area contributed by atoms with E-state index in [9.17, 15) is 4.79 Å². The minimum Gasteiger partial charge on any atom is -0.365 e. The third-order valence-electron chi connectivity index (χ3n) is 2.95. The molecule has 0 aromatic heterocycles. The number of likely N-dealkylation sites (N-methyl/N-ethyl adjacent to an activating group) is 2. The standard InChI is InChI=1S/C15H24ClN3O/c1-5-17-15(20)10-19(4)14-8-6-7-13(16)12(14)9-18-11(2)3/h6-8,11,18H,5,9-10H2,1-4H3,(H,17,20). The van der Waals surface area contributed by atoms with Crippen molar-refractivity contribution in [2.75, 3.05) is 25.0 Å². The van der Waals surface area contributed by atoms with Gasteiger partial charge in [0.1, 0.15) is 0 Å². The number of anilines is 1. The molecule has 4 nitrogen and oxygen atoms in total. The molecule has 0 spiro atoms. The van der Waals surface area contributed by atoms with E-state index in [2.05, 4.69) is 24.5 Å². The maximum atomic E-state index is 11.7. The fraction of sp³-hybridized carbons (Fsp3) is 0.533. The van der Waals surface area contributed by atoms with E-state index >= 15 is 0 Å². The zero-order valence-corrected chi connectivity index (χ0v) is 13.4. The molecule has 0 aliphatic rings. The van der Waals surface area contributed by atoms with Crippen LogP contribution in [-0.2, 0) is 11.3 Å². The van der Waals surface area contributed by atoms with Crippen LogP contribution < -0.4 is 15.5 Å². The highest BCUT2D eigenvalue weighted by Crippen LogP contribution is 2.26. The van der Waals surface area contributed by atoms with Crippen LogP contribution in [0.4, 0.5) is 5.69 Å². The van der Waals surface area contributed by atoms with E-state index in [1.807, 2.05) is 37.1 Å². The van der Waals surface area contributed by atoms with Crippen LogP contribution in [0, 0.1) is 0 Å². The number of carbonyl (C=O) groups is 1. The van der Waals surface area contributed by atoms with Crippen LogP contribution in [0.25, 0.3) is 0 Å². The average molecular weight is 298 g/mol. The second-order valence-electron chi connectivity index (χ2n) is 5.08. The van der Waals surface area contributed by atoms with Crippen LogP contribution in [0.5, 0.6) is 0 Å². The number of rotatable bonds is 7. The van der Waals surface area contributed by atoms with Gasteiger partial charge in [0.15, 0.2) is 0 Å².